The molecule has 0 aromatic carbocycles. The van der Waals surface area contributed by atoms with Gasteiger partial charge in [-0.05, 0) is 16.6 Å². The second kappa shape index (κ2) is 7.99. The Labute approximate surface area is 72.6 Å². The molecular formula is C3H6N10. The first-order valence-electron chi connectivity index (χ1n) is 3.10. The van der Waals surface area contributed by atoms with Gasteiger partial charge in [0.05, 0.1) is 20.0 Å². The maximum Gasteiger partial charge on any atom is 0.0776 e. The van der Waals surface area contributed by atoms with E-state index < -0.39 is 0 Å². The summed E-state index contributed by atoms with van der Waals surface area (Å²) in [7, 11) is 0. The summed E-state index contributed by atoms with van der Waals surface area (Å²) in [6.07, 6.45) is 0. The number of hydrogen-bond acceptors (Lipinski definition) is 4. The van der Waals surface area contributed by atoms with Gasteiger partial charge in [0.1, 0.15) is 0 Å². The summed E-state index contributed by atoms with van der Waals surface area (Å²) in [6, 6.07) is 0. The molecule has 0 unspecified atom stereocenters. The van der Waals surface area contributed by atoms with Gasteiger partial charge < -0.3 is 0 Å². The molecule has 0 radical (unpaired) electrons. The average Bonchev–Trinajstić information content (AvgIpc) is 2.17. The average molecular weight is 182 g/mol. The lowest BCUT2D eigenvalue weighted by molar-refractivity contribution is 0.298. The molecule has 0 amide bonds. The van der Waals surface area contributed by atoms with Crippen LogP contribution in [0.4, 0.5) is 0 Å². The van der Waals surface area contributed by atoms with Gasteiger partial charge >= 0.3 is 0 Å². The third kappa shape index (κ3) is 6.29. The molecule has 13 heavy (non-hydrogen) atoms. The highest BCUT2D eigenvalue weighted by Crippen LogP contribution is 1.91. The molecule has 0 aromatic rings. The molecule has 0 N–H and O–H groups in total. The zero-order chi connectivity index (χ0) is 9.94. The summed E-state index contributed by atoms with van der Waals surface area (Å²) in [5.74, 6) is 0. The van der Waals surface area contributed by atoms with Crippen LogP contribution >= 0.6 is 0 Å². The Morgan fingerprint density at radius 2 is 1.08 bits per heavy atom. The summed E-state index contributed by atoms with van der Waals surface area (Å²) in [4.78, 5) is 8.89. The predicted octanol–water partition coefficient (Wildman–Crippen LogP) is 2.09. The number of azide groups is 3. The zero-order valence-electron chi connectivity index (χ0n) is 6.59. The van der Waals surface area contributed by atoms with Crippen LogP contribution in [0.5, 0.6) is 0 Å². The third-order valence-corrected chi connectivity index (χ3v) is 0.979. The zero-order valence-corrected chi connectivity index (χ0v) is 6.59. The van der Waals surface area contributed by atoms with Crippen LogP contribution < -0.4 is 0 Å². The van der Waals surface area contributed by atoms with Gasteiger partial charge in [0.2, 0.25) is 0 Å². The molecular weight excluding hydrogens is 176 g/mol. The van der Waals surface area contributed by atoms with Crippen LogP contribution in [-0.2, 0) is 0 Å². The summed E-state index contributed by atoms with van der Waals surface area (Å²) in [5.41, 5.74) is 24.0. The Balaban J connectivity index is 4.07. The van der Waals surface area contributed by atoms with Crippen LogP contribution in [0, 0.1) is 0 Å². The van der Waals surface area contributed by atoms with Crippen molar-refractivity contribution in [1.82, 2.24) is 4.90 Å². The second-order valence-corrected chi connectivity index (χ2v) is 1.79. The molecule has 0 spiro atoms. The Hall–Kier alpha value is -2.11. The highest BCUT2D eigenvalue weighted by atomic mass is 15.4. The van der Waals surface area contributed by atoms with Crippen molar-refractivity contribution < 1.29 is 0 Å². The lowest BCUT2D eigenvalue weighted by Gasteiger charge is -2.12. The molecule has 0 rings (SSSR count). The smallest absolute Gasteiger partial charge is 0.0776 e. The topological polar surface area (TPSA) is 150 Å². The maximum atomic E-state index is 7.99. The van der Waals surface area contributed by atoms with Crippen LogP contribution in [0.25, 0.3) is 31.3 Å². The molecule has 0 saturated carbocycles. The van der Waals surface area contributed by atoms with Gasteiger partial charge in [-0.25, -0.2) is 0 Å². The van der Waals surface area contributed by atoms with Gasteiger partial charge in [-0.15, -0.1) is 0 Å². The van der Waals surface area contributed by atoms with E-state index in [2.05, 4.69) is 30.1 Å². The van der Waals surface area contributed by atoms with Gasteiger partial charge in [0.25, 0.3) is 0 Å². The molecule has 10 nitrogen and oxygen atoms in total. The fourth-order valence-corrected chi connectivity index (χ4v) is 0.487. The van der Waals surface area contributed by atoms with Crippen LogP contribution in [0.2, 0.25) is 0 Å². The normalized spacial score (nSPS) is 8.08. The van der Waals surface area contributed by atoms with E-state index in [1.54, 1.807) is 0 Å². The minimum atomic E-state index is -0.00542. The molecule has 10 heteroatoms. The van der Waals surface area contributed by atoms with E-state index in [1.807, 2.05) is 0 Å². The molecule has 68 valence electrons. The Kier molecular flexibility index (Phi) is 6.69. The SMILES string of the molecule is [N-]=[N+]=NCN(CN=[N+]=[N-])CN=[N+]=[N-]. The second-order valence-electron chi connectivity index (χ2n) is 1.79. The van der Waals surface area contributed by atoms with E-state index in [0.29, 0.717) is 0 Å². The first-order valence-corrected chi connectivity index (χ1v) is 3.10. The molecule has 0 aliphatic heterocycles. The van der Waals surface area contributed by atoms with Crippen LogP contribution in [-0.4, -0.2) is 24.9 Å². The van der Waals surface area contributed by atoms with Gasteiger partial charge in [-0.1, -0.05) is 15.3 Å². The van der Waals surface area contributed by atoms with Crippen LogP contribution in [0.15, 0.2) is 15.3 Å². The fourth-order valence-electron chi connectivity index (χ4n) is 0.487. The highest BCUT2D eigenvalue weighted by Gasteiger charge is 1.98. The highest BCUT2D eigenvalue weighted by molar-refractivity contribution is 4.55. The molecule has 0 aliphatic carbocycles. The molecule has 0 atom stereocenters. The van der Waals surface area contributed by atoms with E-state index >= 15 is 0 Å². The Morgan fingerprint density at radius 3 is 1.31 bits per heavy atom. The van der Waals surface area contributed by atoms with Crippen molar-refractivity contribution >= 4 is 0 Å². The van der Waals surface area contributed by atoms with Crippen molar-refractivity contribution in [3.8, 4) is 0 Å². The number of nitrogens with zero attached hydrogens (tertiary/aromatic N) is 10. The van der Waals surface area contributed by atoms with Crippen LogP contribution in [0.3, 0.4) is 0 Å². The quantitative estimate of drug-likeness (QED) is 0.345. The molecule has 0 aromatic heterocycles. The first-order chi connectivity index (χ1) is 6.35. The summed E-state index contributed by atoms with van der Waals surface area (Å²) < 4.78 is 0. The van der Waals surface area contributed by atoms with E-state index in [0.717, 1.165) is 0 Å². The van der Waals surface area contributed by atoms with Crippen LogP contribution in [0.1, 0.15) is 0 Å². The Bertz CT molecular complexity index is 227. The Morgan fingerprint density at radius 1 is 0.769 bits per heavy atom. The largest absolute Gasteiger partial charge is 0.287 e. The van der Waals surface area contributed by atoms with Crippen molar-refractivity contribution in [3.63, 3.8) is 0 Å². The summed E-state index contributed by atoms with van der Waals surface area (Å²) >= 11 is 0. The van der Waals surface area contributed by atoms with Gasteiger partial charge in [-0.3, -0.25) is 4.90 Å². The maximum absolute atomic E-state index is 7.99. The van der Waals surface area contributed by atoms with E-state index in [1.165, 1.54) is 4.90 Å². The van der Waals surface area contributed by atoms with E-state index in [-0.39, 0.29) is 20.0 Å². The minimum Gasteiger partial charge on any atom is -0.287 e. The van der Waals surface area contributed by atoms with Crippen molar-refractivity contribution in [2.75, 3.05) is 20.0 Å². The standard InChI is InChI=1S/C3H6N10/c4-10-7-1-13(2-8-11-5)3-9-12-6/h1-3H2. The summed E-state index contributed by atoms with van der Waals surface area (Å²) in [6.45, 7) is -0.0163. The van der Waals surface area contributed by atoms with Crippen molar-refractivity contribution in [3.05, 3.63) is 31.3 Å². The monoisotopic (exact) mass is 182 g/mol. The number of hydrogen-bond donors (Lipinski definition) is 0. The van der Waals surface area contributed by atoms with E-state index in [9.17, 15) is 0 Å². The van der Waals surface area contributed by atoms with Crippen molar-refractivity contribution in [1.29, 1.82) is 0 Å². The summed E-state index contributed by atoms with van der Waals surface area (Å²) in [5, 5.41) is 9.65. The first kappa shape index (κ1) is 10.9. The lowest BCUT2D eigenvalue weighted by Crippen LogP contribution is -2.23. The van der Waals surface area contributed by atoms with Crippen molar-refractivity contribution in [2.45, 2.75) is 0 Å². The molecule has 0 heterocycles. The lowest BCUT2D eigenvalue weighted by atomic mass is 10.8. The third-order valence-electron chi connectivity index (χ3n) is 0.979. The molecule has 0 bridgehead atoms. The molecule has 0 saturated heterocycles. The predicted molar refractivity (Wildman–Crippen MR) is 43.9 cm³/mol. The van der Waals surface area contributed by atoms with Crippen molar-refractivity contribution in [2.24, 2.45) is 15.3 Å². The van der Waals surface area contributed by atoms with Gasteiger partial charge in [0.15, 0.2) is 0 Å². The molecule has 0 aliphatic rings. The van der Waals surface area contributed by atoms with Gasteiger partial charge in [-0.2, -0.15) is 0 Å². The minimum absolute atomic E-state index is 0.00542. The van der Waals surface area contributed by atoms with Gasteiger partial charge in [0, 0.05) is 14.7 Å². The van der Waals surface area contributed by atoms with E-state index in [4.69, 9.17) is 16.6 Å². The number of rotatable bonds is 6. The fraction of sp³-hybridized carbons (Fsp3) is 1.00. The molecule has 0 fully saturated rings.